The Labute approximate surface area is 89.9 Å². The molecule has 3 heteroatoms. The summed E-state index contributed by atoms with van der Waals surface area (Å²) in [6.07, 6.45) is 8.18. The maximum absolute atomic E-state index is 12.6. The Kier molecular flexibility index (Phi) is 3.29. The lowest BCUT2D eigenvalue weighted by molar-refractivity contribution is 0.320. The molecule has 1 saturated carbocycles. The average Bonchev–Trinajstić information content (AvgIpc) is 2.30. The van der Waals surface area contributed by atoms with E-state index in [-0.39, 0.29) is 5.82 Å². The highest BCUT2D eigenvalue weighted by atomic mass is 19.1. The van der Waals surface area contributed by atoms with Crippen molar-refractivity contribution in [3.8, 4) is 0 Å². The molecule has 81 valence electrons. The lowest BCUT2D eigenvalue weighted by Crippen LogP contribution is -2.14. The summed E-state index contributed by atoms with van der Waals surface area (Å²) in [4.78, 5) is 8.10. The third-order valence-corrected chi connectivity index (χ3v) is 3.26. The van der Waals surface area contributed by atoms with E-state index < -0.39 is 0 Å². The number of halogens is 1. The van der Waals surface area contributed by atoms with Crippen molar-refractivity contribution in [3.05, 3.63) is 31.0 Å². The fourth-order valence-electron chi connectivity index (χ4n) is 2.24. The van der Waals surface area contributed by atoms with Gasteiger partial charge in [0.05, 0.1) is 12.4 Å². The molecule has 1 aromatic rings. The van der Waals surface area contributed by atoms with Crippen molar-refractivity contribution in [2.75, 3.05) is 0 Å². The fraction of sp³-hybridized carbons (Fsp3) is 0.583. The molecule has 1 radical (unpaired) electrons. The quantitative estimate of drug-likeness (QED) is 0.744. The van der Waals surface area contributed by atoms with Gasteiger partial charge >= 0.3 is 0 Å². The Morgan fingerprint density at radius 2 is 1.80 bits per heavy atom. The molecule has 1 aliphatic carbocycles. The van der Waals surface area contributed by atoms with Gasteiger partial charge in [-0.25, -0.2) is 14.4 Å². The molecule has 0 aliphatic heterocycles. The van der Waals surface area contributed by atoms with Crippen molar-refractivity contribution in [1.82, 2.24) is 9.97 Å². The zero-order valence-corrected chi connectivity index (χ0v) is 8.82. The van der Waals surface area contributed by atoms with Gasteiger partial charge in [-0.3, -0.25) is 0 Å². The summed E-state index contributed by atoms with van der Waals surface area (Å²) in [5.41, 5.74) is 0. The molecule has 0 bridgehead atoms. The third kappa shape index (κ3) is 2.52. The first-order chi connectivity index (χ1) is 7.29. The lowest BCUT2D eigenvalue weighted by Gasteiger charge is -2.26. The second-order valence-electron chi connectivity index (χ2n) is 4.27. The van der Waals surface area contributed by atoms with Gasteiger partial charge in [0.15, 0.2) is 5.82 Å². The van der Waals surface area contributed by atoms with Crippen molar-refractivity contribution < 1.29 is 4.39 Å². The van der Waals surface area contributed by atoms with Gasteiger partial charge in [0, 0.05) is 5.92 Å². The van der Waals surface area contributed by atoms with Gasteiger partial charge < -0.3 is 0 Å². The molecular weight excluding hydrogens is 191 g/mol. The predicted molar refractivity (Wildman–Crippen MR) is 56.7 cm³/mol. The molecule has 0 N–H and O–H groups in total. The predicted octanol–water partition coefficient (Wildman–Crippen LogP) is 3.11. The second-order valence-corrected chi connectivity index (χ2v) is 4.27. The Balaban J connectivity index is 1.98. The molecule has 1 heterocycles. The van der Waals surface area contributed by atoms with E-state index in [0.717, 1.165) is 31.0 Å². The monoisotopic (exact) mass is 207 g/mol. The summed E-state index contributed by atoms with van der Waals surface area (Å²) in [7, 11) is 0. The van der Waals surface area contributed by atoms with E-state index in [4.69, 9.17) is 0 Å². The Bertz CT molecular complexity index is 302. The Hall–Kier alpha value is -0.990. The molecule has 0 aromatic carbocycles. The molecule has 1 aromatic heterocycles. The van der Waals surface area contributed by atoms with Crippen molar-refractivity contribution in [2.45, 2.75) is 38.0 Å². The summed E-state index contributed by atoms with van der Waals surface area (Å²) >= 11 is 0. The summed E-state index contributed by atoms with van der Waals surface area (Å²) in [5, 5.41) is 0. The fourth-order valence-corrected chi connectivity index (χ4v) is 2.24. The SMILES string of the molecule is [CH2]CC1CCC(c2ncc(F)cn2)CC1. The normalized spacial score (nSPS) is 26.5. The zero-order chi connectivity index (χ0) is 10.7. The molecule has 15 heavy (non-hydrogen) atoms. The van der Waals surface area contributed by atoms with E-state index in [1.165, 1.54) is 25.2 Å². The van der Waals surface area contributed by atoms with Crippen LogP contribution in [0.3, 0.4) is 0 Å². The van der Waals surface area contributed by atoms with Crippen LogP contribution in [0.5, 0.6) is 0 Å². The highest BCUT2D eigenvalue weighted by molar-refractivity contribution is 5.00. The standard InChI is InChI=1S/C12H16FN2/c1-2-9-3-5-10(6-4-9)12-14-7-11(13)8-15-12/h7-10H,1-6H2. The van der Waals surface area contributed by atoms with Gasteiger partial charge in [-0.15, -0.1) is 0 Å². The first kappa shape index (κ1) is 10.5. The minimum atomic E-state index is -0.356. The summed E-state index contributed by atoms with van der Waals surface area (Å²) in [5.74, 6) is 1.64. The topological polar surface area (TPSA) is 25.8 Å². The molecule has 2 nitrogen and oxygen atoms in total. The number of hydrogen-bond acceptors (Lipinski definition) is 2. The first-order valence-corrected chi connectivity index (χ1v) is 5.56. The smallest absolute Gasteiger partial charge is 0.159 e. The van der Waals surface area contributed by atoms with Crippen molar-refractivity contribution in [3.63, 3.8) is 0 Å². The van der Waals surface area contributed by atoms with E-state index >= 15 is 0 Å². The number of hydrogen-bond donors (Lipinski definition) is 0. The van der Waals surface area contributed by atoms with E-state index in [1.54, 1.807) is 0 Å². The van der Waals surface area contributed by atoms with Crippen molar-refractivity contribution in [1.29, 1.82) is 0 Å². The van der Waals surface area contributed by atoms with Crippen LogP contribution in [-0.4, -0.2) is 9.97 Å². The maximum Gasteiger partial charge on any atom is 0.159 e. The molecule has 1 aliphatic rings. The minimum absolute atomic E-state index is 0.356. The molecule has 0 saturated heterocycles. The second kappa shape index (κ2) is 4.69. The van der Waals surface area contributed by atoms with Gasteiger partial charge in [-0.2, -0.15) is 0 Å². The highest BCUT2D eigenvalue weighted by Gasteiger charge is 2.22. The molecule has 0 spiro atoms. The van der Waals surface area contributed by atoms with E-state index in [9.17, 15) is 4.39 Å². The summed E-state index contributed by atoms with van der Waals surface area (Å²) in [6.45, 7) is 3.94. The van der Waals surface area contributed by atoms with Gasteiger partial charge in [0.1, 0.15) is 5.82 Å². The van der Waals surface area contributed by atoms with Crippen LogP contribution in [0.4, 0.5) is 4.39 Å². The summed E-state index contributed by atoms with van der Waals surface area (Å²) in [6, 6.07) is 0. The Morgan fingerprint density at radius 3 is 2.33 bits per heavy atom. The zero-order valence-electron chi connectivity index (χ0n) is 8.82. The van der Waals surface area contributed by atoms with Crippen LogP contribution in [0.2, 0.25) is 0 Å². The van der Waals surface area contributed by atoms with Gasteiger partial charge in [0.25, 0.3) is 0 Å². The molecule has 2 rings (SSSR count). The molecular formula is C12H16FN2. The molecule has 0 amide bonds. The summed E-state index contributed by atoms with van der Waals surface area (Å²) < 4.78 is 12.6. The van der Waals surface area contributed by atoms with Crippen LogP contribution in [0.15, 0.2) is 12.4 Å². The van der Waals surface area contributed by atoms with Crippen LogP contribution in [0, 0.1) is 18.7 Å². The van der Waals surface area contributed by atoms with Crippen LogP contribution >= 0.6 is 0 Å². The van der Waals surface area contributed by atoms with Crippen molar-refractivity contribution in [2.24, 2.45) is 5.92 Å². The van der Waals surface area contributed by atoms with Crippen LogP contribution < -0.4 is 0 Å². The van der Waals surface area contributed by atoms with Crippen LogP contribution in [0.1, 0.15) is 43.8 Å². The van der Waals surface area contributed by atoms with Gasteiger partial charge in [0.2, 0.25) is 0 Å². The first-order valence-electron chi connectivity index (χ1n) is 5.56. The van der Waals surface area contributed by atoms with Gasteiger partial charge in [-0.1, -0.05) is 13.3 Å². The van der Waals surface area contributed by atoms with Gasteiger partial charge in [-0.05, 0) is 31.6 Å². The molecule has 0 unspecified atom stereocenters. The molecule has 0 atom stereocenters. The minimum Gasteiger partial charge on any atom is -0.238 e. The number of nitrogens with zero attached hydrogens (tertiary/aromatic N) is 2. The lowest BCUT2D eigenvalue weighted by atomic mass is 9.80. The van der Waals surface area contributed by atoms with Crippen molar-refractivity contribution >= 4 is 0 Å². The third-order valence-electron chi connectivity index (χ3n) is 3.26. The number of rotatable bonds is 2. The maximum atomic E-state index is 12.6. The van der Waals surface area contributed by atoms with E-state index in [2.05, 4.69) is 16.9 Å². The van der Waals surface area contributed by atoms with E-state index in [0.29, 0.717) is 5.92 Å². The number of aromatic nitrogens is 2. The highest BCUT2D eigenvalue weighted by Crippen LogP contribution is 2.35. The Morgan fingerprint density at radius 1 is 1.20 bits per heavy atom. The molecule has 1 fully saturated rings. The van der Waals surface area contributed by atoms with Crippen LogP contribution in [-0.2, 0) is 0 Å². The largest absolute Gasteiger partial charge is 0.238 e. The van der Waals surface area contributed by atoms with E-state index in [1.807, 2.05) is 0 Å². The average molecular weight is 207 g/mol. The van der Waals surface area contributed by atoms with Crippen LogP contribution in [0.25, 0.3) is 0 Å².